The Kier molecular flexibility index (Phi) is 6.48. The highest BCUT2D eigenvalue weighted by molar-refractivity contribution is 5.92. The Morgan fingerprint density at radius 3 is 2.76 bits per heavy atom. The van der Waals surface area contributed by atoms with Crippen LogP contribution in [0.5, 0.6) is 0 Å². The molecule has 0 saturated carbocycles. The SMILES string of the molecule is Cl.O=C(Nc1cccc(CCC(F)(F)F)c1)C1CCNC1. The smallest absolute Gasteiger partial charge is 0.326 e. The maximum Gasteiger partial charge on any atom is 0.389 e. The fraction of sp³-hybridized carbons (Fsp3) is 0.500. The molecule has 1 fully saturated rings. The zero-order valence-corrected chi connectivity index (χ0v) is 12.2. The van der Waals surface area contributed by atoms with Crippen molar-refractivity contribution in [1.82, 2.24) is 5.32 Å². The standard InChI is InChI=1S/C14H17F3N2O.ClH/c15-14(16,17)6-4-10-2-1-3-12(8-10)19-13(20)11-5-7-18-9-11;/h1-3,8,11,18H,4-7,9H2,(H,19,20);1H. The highest BCUT2D eigenvalue weighted by Gasteiger charge is 2.26. The Morgan fingerprint density at radius 2 is 2.14 bits per heavy atom. The second kappa shape index (κ2) is 7.66. The maximum absolute atomic E-state index is 12.2. The van der Waals surface area contributed by atoms with E-state index in [4.69, 9.17) is 0 Å². The largest absolute Gasteiger partial charge is 0.389 e. The molecule has 1 aliphatic heterocycles. The second-order valence-electron chi connectivity index (χ2n) is 4.99. The number of amides is 1. The molecule has 0 aromatic heterocycles. The first-order valence-electron chi connectivity index (χ1n) is 6.61. The van der Waals surface area contributed by atoms with Gasteiger partial charge < -0.3 is 10.6 Å². The normalized spacial score (nSPS) is 18.1. The molecule has 118 valence electrons. The minimum absolute atomic E-state index is 0. The molecular formula is C14H18ClF3N2O. The van der Waals surface area contributed by atoms with Crippen LogP contribution in [0.15, 0.2) is 24.3 Å². The number of rotatable bonds is 4. The van der Waals surface area contributed by atoms with Crippen molar-refractivity contribution in [2.24, 2.45) is 5.92 Å². The number of carbonyl (C=O) groups excluding carboxylic acids is 1. The summed E-state index contributed by atoms with van der Waals surface area (Å²) in [4.78, 5) is 11.9. The van der Waals surface area contributed by atoms with Gasteiger partial charge in [-0.25, -0.2) is 0 Å². The quantitative estimate of drug-likeness (QED) is 0.894. The average molecular weight is 323 g/mol. The first-order valence-corrected chi connectivity index (χ1v) is 6.61. The number of carbonyl (C=O) groups is 1. The third-order valence-corrected chi connectivity index (χ3v) is 3.32. The number of benzene rings is 1. The van der Waals surface area contributed by atoms with Crippen molar-refractivity contribution in [3.8, 4) is 0 Å². The van der Waals surface area contributed by atoms with E-state index in [2.05, 4.69) is 10.6 Å². The molecule has 1 unspecified atom stereocenters. The molecule has 2 N–H and O–H groups in total. The lowest BCUT2D eigenvalue weighted by Crippen LogP contribution is -2.24. The van der Waals surface area contributed by atoms with Crippen LogP contribution in [0.1, 0.15) is 18.4 Å². The van der Waals surface area contributed by atoms with Crippen LogP contribution < -0.4 is 10.6 Å². The fourth-order valence-corrected chi connectivity index (χ4v) is 2.21. The lowest BCUT2D eigenvalue weighted by molar-refractivity contribution is -0.134. The Bertz CT molecular complexity index is 474. The van der Waals surface area contributed by atoms with Crippen LogP contribution in [-0.2, 0) is 11.2 Å². The van der Waals surface area contributed by atoms with Gasteiger partial charge in [0.05, 0.1) is 5.92 Å². The minimum atomic E-state index is -4.16. The second-order valence-corrected chi connectivity index (χ2v) is 4.99. The van der Waals surface area contributed by atoms with Crippen molar-refractivity contribution in [2.45, 2.75) is 25.4 Å². The maximum atomic E-state index is 12.2. The summed E-state index contributed by atoms with van der Waals surface area (Å²) in [6.45, 7) is 1.48. The Labute approximate surface area is 127 Å². The first-order chi connectivity index (χ1) is 9.44. The van der Waals surface area contributed by atoms with E-state index in [0.29, 0.717) is 17.8 Å². The molecule has 7 heteroatoms. The Balaban J connectivity index is 0.00000220. The summed E-state index contributed by atoms with van der Waals surface area (Å²) in [6, 6.07) is 6.59. The van der Waals surface area contributed by atoms with E-state index in [1.165, 1.54) is 0 Å². The topological polar surface area (TPSA) is 41.1 Å². The number of halogens is 4. The van der Waals surface area contributed by atoms with E-state index in [-0.39, 0.29) is 30.7 Å². The van der Waals surface area contributed by atoms with Gasteiger partial charge in [-0.1, -0.05) is 12.1 Å². The van der Waals surface area contributed by atoms with Gasteiger partial charge >= 0.3 is 6.18 Å². The van der Waals surface area contributed by atoms with Crippen molar-refractivity contribution in [2.75, 3.05) is 18.4 Å². The molecule has 1 amide bonds. The van der Waals surface area contributed by atoms with Crippen LogP contribution in [0, 0.1) is 5.92 Å². The summed E-state index contributed by atoms with van der Waals surface area (Å²) in [6.07, 6.45) is -4.29. The summed E-state index contributed by atoms with van der Waals surface area (Å²) in [5.41, 5.74) is 1.13. The number of hydrogen-bond donors (Lipinski definition) is 2. The van der Waals surface area contributed by atoms with Gasteiger partial charge in [-0.3, -0.25) is 4.79 Å². The van der Waals surface area contributed by atoms with Crippen LogP contribution in [-0.4, -0.2) is 25.2 Å². The summed E-state index contributed by atoms with van der Waals surface area (Å²) in [5.74, 6) is -0.142. The molecule has 2 rings (SSSR count). The van der Waals surface area contributed by atoms with E-state index >= 15 is 0 Å². The van der Waals surface area contributed by atoms with Crippen LogP contribution in [0.3, 0.4) is 0 Å². The number of alkyl halides is 3. The number of anilines is 1. The van der Waals surface area contributed by atoms with E-state index in [1.807, 2.05) is 0 Å². The molecule has 21 heavy (non-hydrogen) atoms. The lowest BCUT2D eigenvalue weighted by Gasteiger charge is -2.11. The van der Waals surface area contributed by atoms with Gasteiger partial charge in [0.1, 0.15) is 0 Å². The summed E-state index contributed by atoms with van der Waals surface area (Å²) in [5, 5.41) is 5.86. The zero-order valence-electron chi connectivity index (χ0n) is 11.4. The third kappa shape index (κ3) is 5.93. The highest BCUT2D eigenvalue weighted by atomic mass is 35.5. The molecule has 1 aliphatic rings. The fourth-order valence-electron chi connectivity index (χ4n) is 2.21. The lowest BCUT2D eigenvalue weighted by atomic mass is 10.1. The molecule has 1 saturated heterocycles. The molecule has 0 aliphatic carbocycles. The van der Waals surface area contributed by atoms with Gasteiger partial charge in [-0.05, 0) is 37.1 Å². The van der Waals surface area contributed by atoms with Crippen LogP contribution >= 0.6 is 12.4 Å². The van der Waals surface area contributed by atoms with E-state index in [0.717, 1.165) is 13.0 Å². The van der Waals surface area contributed by atoms with Crippen molar-refractivity contribution < 1.29 is 18.0 Å². The summed E-state index contributed by atoms with van der Waals surface area (Å²) < 4.78 is 36.5. The van der Waals surface area contributed by atoms with Crippen molar-refractivity contribution in [3.05, 3.63) is 29.8 Å². The van der Waals surface area contributed by atoms with E-state index in [1.54, 1.807) is 24.3 Å². The van der Waals surface area contributed by atoms with Gasteiger partial charge in [-0.15, -0.1) is 12.4 Å². The van der Waals surface area contributed by atoms with Gasteiger partial charge in [0, 0.05) is 18.7 Å². The molecule has 0 spiro atoms. The van der Waals surface area contributed by atoms with Crippen LogP contribution in [0.2, 0.25) is 0 Å². The first kappa shape index (κ1) is 17.8. The monoisotopic (exact) mass is 322 g/mol. The van der Waals surface area contributed by atoms with Crippen molar-refractivity contribution >= 4 is 24.0 Å². The van der Waals surface area contributed by atoms with Gasteiger partial charge in [0.15, 0.2) is 0 Å². The minimum Gasteiger partial charge on any atom is -0.326 e. The zero-order chi connectivity index (χ0) is 14.6. The van der Waals surface area contributed by atoms with Crippen LogP contribution in [0.4, 0.5) is 18.9 Å². The molecule has 0 bridgehead atoms. The molecule has 1 aromatic rings. The van der Waals surface area contributed by atoms with Crippen LogP contribution in [0.25, 0.3) is 0 Å². The van der Waals surface area contributed by atoms with Gasteiger partial charge in [0.25, 0.3) is 0 Å². The molecular weight excluding hydrogens is 305 g/mol. The van der Waals surface area contributed by atoms with E-state index < -0.39 is 12.6 Å². The van der Waals surface area contributed by atoms with E-state index in [9.17, 15) is 18.0 Å². The molecule has 1 heterocycles. The molecule has 0 radical (unpaired) electrons. The Hall–Kier alpha value is -1.27. The predicted octanol–water partition coefficient (Wildman–Crippen LogP) is 3.15. The van der Waals surface area contributed by atoms with Gasteiger partial charge in [-0.2, -0.15) is 13.2 Å². The number of hydrogen-bond acceptors (Lipinski definition) is 2. The van der Waals surface area contributed by atoms with Gasteiger partial charge in [0.2, 0.25) is 5.91 Å². The van der Waals surface area contributed by atoms with Crippen molar-refractivity contribution in [1.29, 1.82) is 0 Å². The number of nitrogens with one attached hydrogen (secondary N) is 2. The molecule has 1 atom stereocenters. The predicted molar refractivity (Wildman–Crippen MR) is 77.7 cm³/mol. The molecule has 1 aromatic carbocycles. The summed E-state index contributed by atoms with van der Waals surface area (Å²) in [7, 11) is 0. The van der Waals surface area contributed by atoms with Crippen molar-refractivity contribution in [3.63, 3.8) is 0 Å². The molecule has 3 nitrogen and oxygen atoms in total. The summed E-state index contributed by atoms with van der Waals surface area (Å²) >= 11 is 0. The third-order valence-electron chi connectivity index (χ3n) is 3.32. The Morgan fingerprint density at radius 1 is 1.38 bits per heavy atom. The number of aryl methyl sites for hydroxylation is 1. The highest BCUT2D eigenvalue weighted by Crippen LogP contribution is 2.23. The average Bonchev–Trinajstić information content (AvgIpc) is 2.90.